The number of allylic oxidation sites excluding steroid dienone is 2. The zero-order chi connectivity index (χ0) is 25.7. The van der Waals surface area contributed by atoms with Crippen LogP contribution in [0.2, 0.25) is 0 Å². The highest BCUT2D eigenvalue weighted by molar-refractivity contribution is 5.84. The molecule has 1 aromatic heterocycles. The van der Waals surface area contributed by atoms with E-state index in [1.54, 1.807) is 37.7 Å². The second-order valence-corrected chi connectivity index (χ2v) is 8.28. The van der Waals surface area contributed by atoms with Crippen molar-refractivity contribution in [3.05, 3.63) is 90.8 Å². The van der Waals surface area contributed by atoms with E-state index in [0.29, 0.717) is 22.9 Å². The van der Waals surface area contributed by atoms with E-state index in [1.807, 2.05) is 6.07 Å². The molecule has 5 N–H and O–H groups in total. The van der Waals surface area contributed by atoms with Crippen LogP contribution >= 0.6 is 0 Å². The van der Waals surface area contributed by atoms with Gasteiger partial charge in [-0.05, 0) is 54.0 Å². The van der Waals surface area contributed by atoms with Gasteiger partial charge in [0, 0.05) is 61.9 Å². The number of benzene rings is 2. The Kier molecular flexibility index (Phi) is 7.29. The number of nitrogens with zero attached hydrogens (tertiary/aromatic N) is 4. The highest BCUT2D eigenvalue weighted by atomic mass is 19.1. The summed E-state index contributed by atoms with van der Waals surface area (Å²) in [5, 5.41) is 9.26. The molecule has 4 rings (SSSR count). The largest absolute Gasteiger partial charge is 0.403 e. The Morgan fingerprint density at radius 3 is 2.81 bits per heavy atom. The lowest BCUT2D eigenvalue weighted by Crippen LogP contribution is -2.12. The number of aliphatic imine (C=N–C) groups is 1. The van der Waals surface area contributed by atoms with E-state index in [1.165, 1.54) is 23.5 Å². The lowest BCUT2D eigenvalue weighted by molar-refractivity contribution is 0.632. The highest BCUT2D eigenvalue weighted by Gasteiger charge is 2.19. The van der Waals surface area contributed by atoms with Crippen LogP contribution in [-0.2, 0) is 6.42 Å². The fraction of sp³-hybridized carbons (Fsp3) is 0.148. The Labute approximate surface area is 210 Å². The van der Waals surface area contributed by atoms with E-state index in [0.717, 1.165) is 24.1 Å². The monoisotopic (exact) mass is 484 g/mol. The molecule has 3 aromatic rings. The molecule has 0 unspecified atom stereocenters. The average molecular weight is 485 g/mol. The van der Waals surface area contributed by atoms with Gasteiger partial charge >= 0.3 is 0 Å². The van der Waals surface area contributed by atoms with Gasteiger partial charge in [0.25, 0.3) is 0 Å². The summed E-state index contributed by atoms with van der Waals surface area (Å²) < 4.78 is 14.9. The second kappa shape index (κ2) is 10.7. The maximum atomic E-state index is 14.9. The van der Waals surface area contributed by atoms with Crippen molar-refractivity contribution in [2.45, 2.75) is 6.42 Å². The van der Waals surface area contributed by atoms with E-state index in [9.17, 15) is 4.39 Å². The summed E-state index contributed by atoms with van der Waals surface area (Å²) in [7, 11) is 3.72. The zero-order valence-electron chi connectivity index (χ0n) is 20.3. The molecule has 0 radical (unpaired) electrons. The number of fused-ring (bicyclic) bond motifs is 1. The van der Waals surface area contributed by atoms with Crippen molar-refractivity contribution in [3.63, 3.8) is 0 Å². The number of anilines is 5. The normalized spacial score (nSPS) is 13.0. The van der Waals surface area contributed by atoms with E-state index < -0.39 is 5.82 Å². The average Bonchev–Trinajstić information content (AvgIpc) is 3.25. The van der Waals surface area contributed by atoms with Gasteiger partial charge < -0.3 is 26.6 Å². The molecule has 1 aliphatic heterocycles. The SMILES string of the molecule is C=CC(=C)Nc1ccc(F)c(Nc2nc(N/C(C=NC)=C/N)ncc2-c2ccc3c(c2)CCN3C)c1. The summed E-state index contributed by atoms with van der Waals surface area (Å²) in [6.45, 7) is 8.51. The number of hydrogen-bond acceptors (Lipinski definition) is 8. The molecule has 0 atom stereocenters. The minimum atomic E-state index is -0.430. The highest BCUT2D eigenvalue weighted by Crippen LogP contribution is 2.35. The van der Waals surface area contributed by atoms with Crippen molar-refractivity contribution in [1.82, 2.24) is 9.97 Å². The predicted molar refractivity (Wildman–Crippen MR) is 147 cm³/mol. The molecule has 2 aromatic carbocycles. The van der Waals surface area contributed by atoms with Crippen LogP contribution in [0.3, 0.4) is 0 Å². The van der Waals surface area contributed by atoms with E-state index in [-0.39, 0.29) is 11.6 Å². The molecule has 9 heteroatoms. The Morgan fingerprint density at radius 2 is 2.06 bits per heavy atom. The number of halogens is 1. The molecule has 0 saturated heterocycles. The van der Waals surface area contributed by atoms with Crippen molar-refractivity contribution in [2.75, 3.05) is 41.5 Å². The van der Waals surface area contributed by atoms with Crippen molar-refractivity contribution < 1.29 is 4.39 Å². The molecule has 2 heterocycles. The lowest BCUT2D eigenvalue weighted by Gasteiger charge is -2.16. The standard InChI is InChI=1S/C27H29FN8/c1-5-17(2)32-20-7-8-23(28)24(13-20)34-26-22(16-31-27(35-26)33-21(14-29)15-30-3)18-6-9-25-19(12-18)10-11-36(25)4/h5-9,12-16,32H,1-2,10-11,29H2,3-4H3,(H2,31,33,34,35)/b21-14+,30-15?. The molecule has 0 spiro atoms. The van der Waals surface area contributed by atoms with Gasteiger partial charge in [0.05, 0.1) is 11.4 Å². The van der Waals surface area contributed by atoms with Gasteiger partial charge in [0.15, 0.2) is 0 Å². The quantitative estimate of drug-likeness (QED) is 0.249. The Hall–Kier alpha value is -4.66. The van der Waals surface area contributed by atoms with Crippen LogP contribution in [0.1, 0.15) is 5.56 Å². The second-order valence-electron chi connectivity index (χ2n) is 8.28. The predicted octanol–water partition coefficient (Wildman–Crippen LogP) is 5.04. The van der Waals surface area contributed by atoms with Crippen LogP contribution in [0.4, 0.5) is 33.2 Å². The topological polar surface area (TPSA) is 103 Å². The summed E-state index contributed by atoms with van der Waals surface area (Å²) in [5.41, 5.74) is 11.8. The maximum Gasteiger partial charge on any atom is 0.229 e. The third-order valence-electron chi connectivity index (χ3n) is 5.78. The number of nitrogens with one attached hydrogen (secondary N) is 3. The lowest BCUT2D eigenvalue weighted by atomic mass is 10.0. The van der Waals surface area contributed by atoms with E-state index >= 15 is 0 Å². The van der Waals surface area contributed by atoms with Crippen molar-refractivity contribution in [2.24, 2.45) is 10.7 Å². The summed E-state index contributed by atoms with van der Waals surface area (Å²) in [6.07, 6.45) is 7.18. The minimum absolute atomic E-state index is 0.244. The first-order valence-electron chi connectivity index (χ1n) is 11.4. The Morgan fingerprint density at radius 1 is 1.22 bits per heavy atom. The van der Waals surface area contributed by atoms with Crippen molar-refractivity contribution >= 4 is 35.0 Å². The number of aromatic nitrogens is 2. The molecule has 0 amide bonds. The zero-order valence-corrected chi connectivity index (χ0v) is 20.3. The van der Waals surface area contributed by atoms with Gasteiger partial charge in [-0.25, -0.2) is 9.37 Å². The number of rotatable bonds is 9. The van der Waals surface area contributed by atoms with Crippen LogP contribution in [0.15, 0.2) is 84.4 Å². The number of likely N-dealkylation sites (N-methyl/N-ethyl adjacent to an activating group) is 1. The van der Waals surface area contributed by atoms with Gasteiger partial charge in [-0.2, -0.15) is 4.98 Å². The van der Waals surface area contributed by atoms with Crippen LogP contribution in [0, 0.1) is 5.82 Å². The molecule has 0 saturated carbocycles. The van der Waals surface area contributed by atoms with Gasteiger partial charge in [0.2, 0.25) is 5.95 Å². The number of hydrogen-bond donors (Lipinski definition) is 4. The molecule has 0 fully saturated rings. The summed E-state index contributed by atoms with van der Waals surface area (Å²) in [4.78, 5) is 15.3. The fourth-order valence-electron chi connectivity index (χ4n) is 3.93. The van der Waals surface area contributed by atoms with Crippen molar-refractivity contribution in [3.8, 4) is 11.1 Å². The number of nitrogens with two attached hydrogens (primary N) is 1. The van der Waals surface area contributed by atoms with E-state index in [4.69, 9.17) is 5.73 Å². The van der Waals surface area contributed by atoms with Crippen LogP contribution < -0.4 is 26.6 Å². The molecular weight excluding hydrogens is 455 g/mol. The third kappa shape index (κ3) is 5.35. The molecule has 0 bridgehead atoms. The molecule has 8 nitrogen and oxygen atoms in total. The first-order chi connectivity index (χ1) is 17.4. The molecule has 36 heavy (non-hydrogen) atoms. The van der Waals surface area contributed by atoms with Gasteiger partial charge in [-0.15, -0.1) is 0 Å². The fourth-order valence-corrected chi connectivity index (χ4v) is 3.93. The first-order valence-corrected chi connectivity index (χ1v) is 11.4. The first kappa shape index (κ1) is 24.5. The third-order valence-corrected chi connectivity index (χ3v) is 5.78. The molecule has 184 valence electrons. The van der Waals surface area contributed by atoms with Gasteiger partial charge in [0.1, 0.15) is 11.6 Å². The van der Waals surface area contributed by atoms with Crippen LogP contribution in [-0.4, -0.2) is 36.8 Å². The van der Waals surface area contributed by atoms with Crippen LogP contribution in [0.25, 0.3) is 11.1 Å². The molecular formula is C27H29FN8. The molecule has 0 aliphatic carbocycles. The van der Waals surface area contributed by atoms with E-state index in [2.05, 4.69) is 68.1 Å². The smallest absolute Gasteiger partial charge is 0.229 e. The molecule has 1 aliphatic rings. The minimum Gasteiger partial charge on any atom is -0.403 e. The van der Waals surface area contributed by atoms with Crippen molar-refractivity contribution in [1.29, 1.82) is 0 Å². The summed E-state index contributed by atoms with van der Waals surface area (Å²) in [6, 6.07) is 10.9. The summed E-state index contributed by atoms with van der Waals surface area (Å²) in [5.74, 6) is 0.288. The van der Waals surface area contributed by atoms with Gasteiger partial charge in [-0.1, -0.05) is 19.2 Å². The maximum absolute atomic E-state index is 14.9. The van der Waals surface area contributed by atoms with Gasteiger partial charge in [-0.3, -0.25) is 4.99 Å². The van der Waals surface area contributed by atoms with Crippen LogP contribution in [0.5, 0.6) is 0 Å². The Balaban J connectivity index is 1.76. The Bertz CT molecular complexity index is 1360. The summed E-state index contributed by atoms with van der Waals surface area (Å²) >= 11 is 0.